The minimum atomic E-state index is 0. The van der Waals surface area contributed by atoms with Gasteiger partial charge in [-0.25, -0.2) is 4.99 Å². The van der Waals surface area contributed by atoms with Gasteiger partial charge in [-0.3, -0.25) is 4.90 Å². The predicted molar refractivity (Wildman–Crippen MR) is 135 cm³/mol. The summed E-state index contributed by atoms with van der Waals surface area (Å²) < 4.78 is 7.53. The maximum atomic E-state index is 6.13. The summed E-state index contributed by atoms with van der Waals surface area (Å²) in [6, 6.07) is 10.6. The van der Waals surface area contributed by atoms with E-state index in [9.17, 15) is 0 Å². The highest BCUT2D eigenvalue weighted by molar-refractivity contribution is 14.0. The number of benzene rings is 1. The minimum Gasteiger partial charge on any atom is -0.379 e. The van der Waals surface area contributed by atoms with Crippen LogP contribution in [0.5, 0.6) is 0 Å². The lowest BCUT2D eigenvalue weighted by atomic mass is 10.1. The lowest BCUT2D eigenvalue weighted by molar-refractivity contribution is 0.0341. The van der Waals surface area contributed by atoms with Crippen molar-refractivity contribution < 1.29 is 4.74 Å². The van der Waals surface area contributed by atoms with Crippen LogP contribution in [0.3, 0.4) is 0 Å². The van der Waals surface area contributed by atoms with E-state index >= 15 is 0 Å². The van der Waals surface area contributed by atoms with Gasteiger partial charge in [-0.1, -0.05) is 35.9 Å². The van der Waals surface area contributed by atoms with Crippen molar-refractivity contribution in [1.82, 2.24) is 19.7 Å². The first kappa shape index (κ1) is 25.0. The molecule has 30 heavy (non-hydrogen) atoms. The van der Waals surface area contributed by atoms with E-state index < -0.39 is 0 Å². The molecule has 1 aromatic heterocycles. The van der Waals surface area contributed by atoms with Gasteiger partial charge >= 0.3 is 0 Å². The molecule has 0 saturated carbocycles. The van der Waals surface area contributed by atoms with Crippen molar-refractivity contribution in [2.45, 2.75) is 26.6 Å². The number of ether oxygens (including phenoxy) is 1. The summed E-state index contributed by atoms with van der Waals surface area (Å²) in [5.41, 5.74) is 3.76. The van der Waals surface area contributed by atoms with Crippen LogP contribution in [0.4, 0.5) is 0 Å². The smallest absolute Gasteiger partial charge is 0.194 e. The van der Waals surface area contributed by atoms with Gasteiger partial charge in [0.05, 0.1) is 31.3 Å². The fourth-order valence-electron chi connectivity index (χ4n) is 3.54. The quantitative estimate of drug-likeness (QED) is 0.327. The number of hydrogen-bond acceptors (Lipinski definition) is 3. The summed E-state index contributed by atoms with van der Waals surface area (Å²) in [4.78, 5) is 9.50. The first-order chi connectivity index (χ1) is 14.1. The van der Waals surface area contributed by atoms with Gasteiger partial charge in [-0.15, -0.1) is 24.0 Å². The lowest BCUT2D eigenvalue weighted by Gasteiger charge is -2.27. The molecule has 0 unspecified atom stereocenters. The van der Waals surface area contributed by atoms with Gasteiger partial charge in [0, 0.05) is 52.2 Å². The van der Waals surface area contributed by atoms with Crippen LogP contribution in [0.1, 0.15) is 23.7 Å². The largest absolute Gasteiger partial charge is 0.379 e. The number of halogens is 2. The normalized spacial score (nSPS) is 15.0. The fourth-order valence-corrected chi connectivity index (χ4v) is 3.81. The van der Waals surface area contributed by atoms with E-state index in [2.05, 4.69) is 57.9 Å². The third-order valence-corrected chi connectivity index (χ3v) is 5.39. The Labute approximate surface area is 202 Å². The van der Waals surface area contributed by atoms with E-state index in [1.165, 1.54) is 11.1 Å². The van der Waals surface area contributed by atoms with Crippen molar-refractivity contribution >= 4 is 41.5 Å². The van der Waals surface area contributed by atoms with E-state index in [1.54, 1.807) is 0 Å². The molecule has 0 bridgehead atoms. The summed E-state index contributed by atoms with van der Waals surface area (Å²) in [5, 5.41) is 4.17. The van der Waals surface area contributed by atoms with E-state index in [4.69, 9.17) is 21.3 Å². The molecule has 0 aliphatic carbocycles. The number of aliphatic imine (C=N–C) groups is 1. The van der Waals surface area contributed by atoms with Crippen LogP contribution in [-0.4, -0.2) is 60.2 Å². The van der Waals surface area contributed by atoms with Crippen LogP contribution in [0, 0.1) is 0 Å². The van der Waals surface area contributed by atoms with E-state index in [1.807, 2.05) is 19.3 Å². The molecule has 1 N–H and O–H groups in total. The lowest BCUT2D eigenvalue weighted by Crippen LogP contribution is -2.38. The standard InChI is InChI=1S/C22H32ClN5O.HI/c1-4-24-22(27(3)17-21-13-20(23)16-26(21)2)25-14-18-7-5-6-8-19(18)15-28-9-11-29-12-10-28;/h5-8,13,16H,4,9-12,14-15,17H2,1-3H3,(H,24,25);1H. The molecule has 0 amide bonds. The first-order valence-electron chi connectivity index (χ1n) is 10.2. The van der Waals surface area contributed by atoms with Crippen LogP contribution in [0.25, 0.3) is 0 Å². The van der Waals surface area contributed by atoms with Crippen molar-refractivity contribution in [3.05, 3.63) is 58.4 Å². The zero-order chi connectivity index (χ0) is 20.6. The molecule has 1 saturated heterocycles. The third-order valence-electron chi connectivity index (χ3n) is 5.19. The highest BCUT2D eigenvalue weighted by Gasteiger charge is 2.13. The Bertz CT molecular complexity index is 820. The number of nitrogens with zero attached hydrogens (tertiary/aromatic N) is 4. The molecule has 0 atom stereocenters. The molecule has 2 heterocycles. The summed E-state index contributed by atoms with van der Waals surface area (Å²) in [6.07, 6.45) is 1.93. The Morgan fingerprint density at radius 1 is 1.23 bits per heavy atom. The van der Waals surface area contributed by atoms with Crippen LogP contribution in [0.15, 0.2) is 41.5 Å². The number of rotatable bonds is 7. The van der Waals surface area contributed by atoms with Crippen molar-refractivity contribution in [2.75, 3.05) is 39.9 Å². The summed E-state index contributed by atoms with van der Waals surface area (Å²) in [7, 11) is 4.07. The van der Waals surface area contributed by atoms with Gasteiger partial charge < -0.3 is 19.5 Å². The van der Waals surface area contributed by atoms with Crippen molar-refractivity contribution in [2.24, 2.45) is 12.0 Å². The summed E-state index contributed by atoms with van der Waals surface area (Å²) in [6.45, 7) is 8.87. The van der Waals surface area contributed by atoms with Crippen LogP contribution in [-0.2, 0) is 31.4 Å². The van der Waals surface area contributed by atoms with Crippen LogP contribution in [0.2, 0.25) is 5.02 Å². The molecular weight excluding hydrogens is 513 g/mol. The number of aryl methyl sites for hydroxylation is 1. The molecule has 0 spiro atoms. The average Bonchev–Trinajstić information content (AvgIpc) is 3.03. The number of hydrogen-bond donors (Lipinski definition) is 1. The number of guanidine groups is 1. The molecule has 166 valence electrons. The maximum absolute atomic E-state index is 6.13. The van der Waals surface area contributed by atoms with Crippen molar-refractivity contribution in [1.29, 1.82) is 0 Å². The van der Waals surface area contributed by atoms with Crippen LogP contribution >= 0.6 is 35.6 Å². The number of nitrogens with one attached hydrogen (secondary N) is 1. The minimum absolute atomic E-state index is 0. The highest BCUT2D eigenvalue weighted by atomic mass is 127. The predicted octanol–water partition coefficient (Wildman–Crippen LogP) is 3.73. The van der Waals surface area contributed by atoms with Crippen molar-refractivity contribution in [3.63, 3.8) is 0 Å². The fraction of sp³-hybridized carbons (Fsp3) is 0.500. The second kappa shape index (κ2) is 12.5. The van der Waals surface area contributed by atoms with Gasteiger partial charge in [-0.2, -0.15) is 0 Å². The molecule has 6 nitrogen and oxygen atoms in total. The Balaban J connectivity index is 0.00000320. The molecular formula is C22H33ClIN5O. The molecule has 1 fully saturated rings. The van der Waals surface area contributed by atoms with E-state index in [0.717, 1.165) is 62.6 Å². The van der Waals surface area contributed by atoms with Gasteiger partial charge in [0.15, 0.2) is 5.96 Å². The Morgan fingerprint density at radius 2 is 1.93 bits per heavy atom. The highest BCUT2D eigenvalue weighted by Crippen LogP contribution is 2.16. The third kappa shape index (κ3) is 7.14. The maximum Gasteiger partial charge on any atom is 0.194 e. The SMILES string of the molecule is CCNC(=NCc1ccccc1CN1CCOCC1)N(C)Cc1cc(Cl)cn1C.I. The van der Waals surface area contributed by atoms with Gasteiger partial charge in [0.1, 0.15) is 0 Å². The molecule has 0 radical (unpaired) electrons. The Morgan fingerprint density at radius 3 is 2.57 bits per heavy atom. The first-order valence-corrected chi connectivity index (χ1v) is 10.6. The van der Waals surface area contributed by atoms with Gasteiger partial charge in [-0.05, 0) is 24.1 Å². The van der Waals surface area contributed by atoms with Crippen LogP contribution < -0.4 is 5.32 Å². The molecule has 1 aromatic carbocycles. The zero-order valence-electron chi connectivity index (χ0n) is 18.1. The molecule has 1 aliphatic rings. The van der Waals surface area contributed by atoms with E-state index in [0.29, 0.717) is 6.54 Å². The monoisotopic (exact) mass is 545 g/mol. The molecule has 2 aromatic rings. The summed E-state index contributed by atoms with van der Waals surface area (Å²) in [5.74, 6) is 0.894. The second-order valence-corrected chi connectivity index (χ2v) is 7.88. The molecule has 3 rings (SSSR count). The number of morpholine rings is 1. The Hall–Kier alpha value is -1.29. The zero-order valence-corrected chi connectivity index (χ0v) is 21.2. The number of aromatic nitrogens is 1. The van der Waals surface area contributed by atoms with Gasteiger partial charge in [0.2, 0.25) is 0 Å². The average molecular weight is 546 g/mol. The topological polar surface area (TPSA) is 45.0 Å². The van der Waals surface area contributed by atoms with Crippen molar-refractivity contribution in [3.8, 4) is 0 Å². The Kier molecular flexibility index (Phi) is 10.4. The molecule has 8 heteroatoms. The second-order valence-electron chi connectivity index (χ2n) is 7.44. The summed E-state index contributed by atoms with van der Waals surface area (Å²) >= 11 is 6.13. The van der Waals surface area contributed by atoms with E-state index in [-0.39, 0.29) is 24.0 Å². The van der Waals surface area contributed by atoms with Gasteiger partial charge in [0.25, 0.3) is 0 Å². The molecule has 1 aliphatic heterocycles.